The fourth-order valence-electron chi connectivity index (χ4n) is 2.77. The van der Waals surface area contributed by atoms with Gasteiger partial charge >= 0.3 is 0 Å². The van der Waals surface area contributed by atoms with Gasteiger partial charge in [-0.3, -0.25) is 0 Å². The first-order chi connectivity index (χ1) is 10.8. The molecular formula is C18H24O5. The number of hydrogen-bond donors (Lipinski definition) is 3. The molecule has 5 nitrogen and oxygen atoms in total. The molecule has 2 rings (SSSR count). The van der Waals surface area contributed by atoms with Crippen molar-refractivity contribution in [2.75, 3.05) is 13.7 Å². The standard InChI is InChI=1S/C18H24O5/c1-12-8-14(19)9-15(20)10-17(21)18(2,11-23-12)13-4-6-16(22-3)7-5-13/h4,6-10,13,17,19-21H,5,11H2,1-3H3/b12-8+,14-9+,15-10-. The van der Waals surface area contributed by atoms with Crippen LogP contribution in [0, 0.1) is 11.3 Å². The lowest BCUT2D eigenvalue weighted by Gasteiger charge is -2.39. The molecule has 3 atom stereocenters. The summed E-state index contributed by atoms with van der Waals surface area (Å²) in [6.07, 6.45) is 9.55. The maximum absolute atomic E-state index is 10.6. The molecule has 1 aliphatic carbocycles. The van der Waals surface area contributed by atoms with Gasteiger partial charge in [0.2, 0.25) is 0 Å². The predicted molar refractivity (Wildman–Crippen MR) is 87.6 cm³/mol. The van der Waals surface area contributed by atoms with E-state index in [4.69, 9.17) is 9.47 Å². The minimum Gasteiger partial charge on any atom is -0.508 e. The van der Waals surface area contributed by atoms with Crippen molar-refractivity contribution in [3.63, 3.8) is 0 Å². The van der Waals surface area contributed by atoms with Gasteiger partial charge in [0.05, 0.1) is 25.6 Å². The van der Waals surface area contributed by atoms with Crippen molar-refractivity contribution in [1.82, 2.24) is 0 Å². The molecular weight excluding hydrogens is 296 g/mol. The van der Waals surface area contributed by atoms with Crippen LogP contribution in [0.1, 0.15) is 20.3 Å². The van der Waals surface area contributed by atoms with Gasteiger partial charge in [0, 0.05) is 17.6 Å². The molecule has 3 unspecified atom stereocenters. The van der Waals surface area contributed by atoms with Crippen LogP contribution in [0.25, 0.3) is 0 Å². The Balaban J connectivity index is 2.33. The van der Waals surface area contributed by atoms with Crippen LogP contribution in [0.4, 0.5) is 0 Å². The summed E-state index contributed by atoms with van der Waals surface area (Å²) in [6, 6.07) is 0. The average Bonchev–Trinajstić information content (AvgIpc) is 2.51. The van der Waals surface area contributed by atoms with E-state index in [1.807, 2.05) is 25.2 Å². The largest absolute Gasteiger partial charge is 0.508 e. The Morgan fingerprint density at radius 2 is 2.00 bits per heavy atom. The Bertz CT molecular complexity index is 597. The Kier molecular flexibility index (Phi) is 5.21. The smallest absolute Gasteiger partial charge is 0.122 e. The number of hydrogen-bond acceptors (Lipinski definition) is 5. The molecule has 0 bridgehead atoms. The van der Waals surface area contributed by atoms with Crippen molar-refractivity contribution in [2.24, 2.45) is 11.3 Å². The third-order valence-corrected chi connectivity index (χ3v) is 4.41. The fraction of sp³-hybridized carbons (Fsp3) is 0.444. The van der Waals surface area contributed by atoms with E-state index >= 15 is 0 Å². The molecule has 2 aliphatic rings. The Labute approximate surface area is 136 Å². The number of aliphatic hydroxyl groups is 3. The van der Waals surface area contributed by atoms with Crippen molar-refractivity contribution in [3.8, 4) is 0 Å². The number of rotatable bonds is 2. The van der Waals surface area contributed by atoms with Crippen molar-refractivity contribution in [1.29, 1.82) is 0 Å². The normalized spacial score (nSPS) is 38.8. The minimum atomic E-state index is -0.940. The first-order valence-electron chi connectivity index (χ1n) is 7.58. The second kappa shape index (κ2) is 6.96. The van der Waals surface area contributed by atoms with Crippen LogP contribution in [0.2, 0.25) is 0 Å². The third-order valence-electron chi connectivity index (χ3n) is 4.41. The van der Waals surface area contributed by atoms with E-state index in [-0.39, 0.29) is 24.0 Å². The zero-order valence-electron chi connectivity index (χ0n) is 13.7. The van der Waals surface area contributed by atoms with Crippen molar-refractivity contribution >= 4 is 0 Å². The second-order valence-electron chi connectivity index (χ2n) is 6.17. The van der Waals surface area contributed by atoms with Gasteiger partial charge in [-0.2, -0.15) is 0 Å². The van der Waals surface area contributed by atoms with Crippen LogP contribution in [0.3, 0.4) is 0 Å². The van der Waals surface area contributed by atoms with Crippen LogP contribution >= 0.6 is 0 Å². The van der Waals surface area contributed by atoms with E-state index in [1.165, 1.54) is 18.2 Å². The molecule has 0 aromatic carbocycles. The molecule has 3 N–H and O–H groups in total. The van der Waals surface area contributed by atoms with Crippen LogP contribution in [0.5, 0.6) is 0 Å². The van der Waals surface area contributed by atoms with Gasteiger partial charge in [-0.25, -0.2) is 0 Å². The summed E-state index contributed by atoms with van der Waals surface area (Å²) in [5.41, 5.74) is -0.643. The zero-order valence-corrected chi connectivity index (χ0v) is 13.7. The maximum atomic E-state index is 10.6. The average molecular weight is 320 g/mol. The highest BCUT2D eigenvalue weighted by molar-refractivity contribution is 5.26. The number of methoxy groups -OCH3 is 1. The summed E-state index contributed by atoms with van der Waals surface area (Å²) in [6.45, 7) is 3.89. The lowest BCUT2D eigenvalue weighted by Crippen LogP contribution is -2.42. The first kappa shape index (κ1) is 17.2. The summed E-state index contributed by atoms with van der Waals surface area (Å²) in [7, 11) is 1.62. The molecule has 0 fully saturated rings. The highest BCUT2D eigenvalue weighted by atomic mass is 16.5. The van der Waals surface area contributed by atoms with Gasteiger partial charge < -0.3 is 24.8 Å². The van der Waals surface area contributed by atoms with Gasteiger partial charge in [0.15, 0.2) is 0 Å². The second-order valence-corrected chi connectivity index (χ2v) is 6.17. The number of ether oxygens (including phenoxy) is 2. The molecule has 1 aliphatic heterocycles. The summed E-state index contributed by atoms with van der Waals surface area (Å²) >= 11 is 0. The zero-order chi connectivity index (χ0) is 17.0. The monoisotopic (exact) mass is 320 g/mol. The van der Waals surface area contributed by atoms with Gasteiger partial charge in [0.25, 0.3) is 0 Å². The van der Waals surface area contributed by atoms with E-state index in [0.717, 1.165) is 5.76 Å². The summed E-state index contributed by atoms with van der Waals surface area (Å²) in [4.78, 5) is 0. The highest BCUT2D eigenvalue weighted by Gasteiger charge is 2.40. The molecule has 0 saturated heterocycles. The Morgan fingerprint density at radius 1 is 1.26 bits per heavy atom. The summed E-state index contributed by atoms with van der Waals surface area (Å²) < 4.78 is 10.9. The number of aliphatic hydroxyl groups excluding tert-OH is 3. The quantitative estimate of drug-likeness (QED) is 0.727. The van der Waals surface area contributed by atoms with Crippen LogP contribution in [-0.2, 0) is 9.47 Å². The van der Waals surface area contributed by atoms with Crippen molar-refractivity contribution < 1.29 is 24.8 Å². The molecule has 126 valence electrons. The Morgan fingerprint density at radius 3 is 2.61 bits per heavy atom. The third kappa shape index (κ3) is 3.99. The molecule has 0 aromatic rings. The van der Waals surface area contributed by atoms with E-state index in [1.54, 1.807) is 14.0 Å². The topological polar surface area (TPSA) is 79.2 Å². The van der Waals surface area contributed by atoms with Crippen LogP contribution in [0.15, 0.2) is 59.5 Å². The van der Waals surface area contributed by atoms with E-state index in [2.05, 4.69) is 0 Å². The van der Waals surface area contributed by atoms with E-state index < -0.39 is 11.5 Å². The molecule has 5 heteroatoms. The van der Waals surface area contributed by atoms with Gasteiger partial charge in [-0.15, -0.1) is 0 Å². The lowest BCUT2D eigenvalue weighted by atomic mass is 9.70. The summed E-state index contributed by atoms with van der Waals surface area (Å²) in [5.74, 6) is 1.02. The molecule has 0 radical (unpaired) electrons. The van der Waals surface area contributed by atoms with E-state index in [0.29, 0.717) is 12.2 Å². The lowest BCUT2D eigenvalue weighted by molar-refractivity contribution is -0.0198. The minimum absolute atomic E-state index is 0.0188. The molecule has 0 amide bonds. The highest BCUT2D eigenvalue weighted by Crippen LogP contribution is 2.39. The fourth-order valence-corrected chi connectivity index (χ4v) is 2.77. The molecule has 0 saturated carbocycles. The Hall–Kier alpha value is -2.14. The molecule has 1 heterocycles. The van der Waals surface area contributed by atoms with Crippen molar-refractivity contribution in [3.05, 3.63) is 59.5 Å². The molecule has 0 aromatic heterocycles. The SMILES string of the molecule is COC1=CCC(C2(C)CO/C(C)=C/C(O)=C\C(O)=C\C2O)C=C1. The van der Waals surface area contributed by atoms with Crippen molar-refractivity contribution in [2.45, 2.75) is 26.4 Å². The first-order valence-corrected chi connectivity index (χ1v) is 7.58. The van der Waals surface area contributed by atoms with Gasteiger partial charge in [0.1, 0.15) is 17.3 Å². The maximum Gasteiger partial charge on any atom is 0.122 e. The van der Waals surface area contributed by atoms with Crippen LogP contribution < -0.4 is 0 Å². The van der Waals surface area contributed by atoms with Crippen LogP contribution in [-0.4, -0.2) is 35.1 Å². The molecule has 23 heavy (non-hydrogen) atoms. The van der Waals surface area contributed by atoms with Gasteiger partial charge in [-0.05, 0) is 37.5 Å². The van der Waals surface area contributed by atoms with Gasteiger partial charge in [-0.1, -0.05) is 13.0 Å². The van der Waals surface area contributed by atoms with E-state index in [9.17, 15) is 15.3 Å². The summed E-state index contributed by atoms with van der Waals surface area (Å²) in [5, 5.41) is 30.2. The predicted octanol–water partition coefficient (Wildman–Crippen LogP) is 3.28. The number of allylic oxidation sites excluding steroid dienone is 6. The molecule has 0 spiro atoms.